The quantitative estimate of drug-likeness (QED) is 0.580. The Morgan fingerprint density at radius 2 is 1.92 bits per heavy atom. The first-order valence-corrected chi connectivity index (χ1v) is 9.09. The van der Waals surface area contributed by atoms with Crippen LogP contribution in [0.25, 0.3) is 21.8 Å². The average molecular weight is 363 g/mol. The second-order valence-corrected chi connectivity index (χ2v) is 7.01. The first-order valence-electron chi connectivity index (χ1n) is 8.27. The highest BCUT2D eigenvalue weighted by Crippen LogP contribution is 2.32. The maximum atomic E-state index is 12.7. The standard InChI is InChI=1S/C20H17N3O2S/c1-12-16-13(2)22-18(15-9-6-10-25-15)23-20(16)26-17(12)19(24)21-11-14-7-4-3-5-8-14/h3-10H,11H2,1-2H3,(H,21,24). The number of hydrogen-bond acceptors (Lipinski definition) is 5. The smallest absolute Gasteiger partial charge is 0.261 e. The lowest BCUT2D eigenvalue weighted by Crippen LogP contribution is -2.22. The normalized spacial score (nSPS) is 11.0. The van der Waals surface area contributed by atoms with Gasteiger partial charge in [0.2, 0.25) is 0 Å². The lowest BCUT2D eigenvalue weighted by atomic mass is 10.1. The molecule has 0 atom stereocenters. The summed E-state index contributed by atoms with van der Waals surface area (Å²) in [5.41, 5.74) is 2.83. The third-order valence-corrected chi connectivity index (χ3v) is 5.40. The molecule has 26 heavy (non-hydrogen) atoms. The van der Waals surface area contributed by atoms with Crippen molar-refractivity contribution in [2.45, 2.75) is 20.4 Å². The van der Waals surface area contributed by atoms with E-state index in [-0.39, 0.29) is 5.91 Å². The van der Waals surface area contributed by atoms with Crippen LogP contribution in [0.15, 0.2) is 53.1 Å². The minimum Gasteiger partial charge on any atom is -0.461 e. The van der Waals surface area contributed by atoms with E-state index in [0.717, 1.165) is 27.0 Å². The number of aromatic nitrogens is 2. The van der Waals surface area contributed by atoms with Crippen molar-refractivity contribution in [2.24, 2.45) is 0 Å². The fourth-order valence-electron chi connectivity index (χ4n) is 2.93. The van der Waals surface area contributed by atoms with Gasteiger partial charge in [0.1, 0.15) is 4.83 Å². The highest BCUT2D eigenvalue weighted by molar-refractivity contribution is 7.20. The number of benzene rings is 1. The lowest BCUT2D eigenvalue weighted by molar-refractivity contribution is 0.0954. The largest absolute Gasteiger partial charge is 0.461 e. The molecule has 0 aliphatic carbocycles. The molecule has 1 amide bonds. The van der Waals surface area contributed by atoms with Crippen molar-refractivity contribution in [1.82, 2.24) is 15.3 Å². The number of nitrogens with one attached hydrogen (secondary N) is 1. The number of amides is 1. The number of thiophene rings is 1. The van der Waals surface area contributed by atoms with Gasteiger partial charge in [0, 0.05) is 11.9 Å². The number of carbonyl (C=O) groups is 1. The van der Waals surface area contributed by atoms with Gasteiger partial charge < -0.3 is 9.73 Å². The van der Waals surface area contributed by atoms with Gasteiger partial charge in [-0.3, -0.25) is 4.79 Å². The predicted octanol–water partition coefficient (Wildman–Crippen LogP) is 4.50. The molecule has 3 aromatic heterocycles. The Hall–Kier alpha value is -2.99. The molecule has 0 fully saturated rings. The van der Waals surface area contributed by atoms with Crippen molar-refractivity contribution in [1.29, 1.82) is 0 Å². The molecule has 6 heteroatoms. The number of nitrogens with zero attached hydrogens (tertiary/aromatic N) is 2. The first kappa shape index (κ1) is 16.5. The van der Waals surface area contributed by atoms with Crippen LogP contribution in [0.2, 0.25) is 0 Å². The number of carbonyl (C=O) groups excluding carboxylic acids is 1. The summed E-state index contributed by atoms with van der Waals surface area (Å²) in [6.45, 7) is 4.37. The van der Waals surface area contributed by atoms with E-state index < -0.39 is 0 Å². The molecule has 3 heterocycles. The summed E-state index contributed by atoms with van der Waals surface area (Å²) in [5, 5.41) is 3.92. The maximum absolute atomic E-state index is 12.7. The molecule has 0 saturated heterocycles. The van der Waals surface area contributed by atoms with Crippen LogP contribution in [0.3, 0.4) is 0 Å². The van der Waals surface area contributed by atoms with E-state index in [4.69, 9.17) is 4.42 Å². The Balaban J connectivity index is 1.66. The fraction of sp³-hybridized carbons (Fsp3) is 0.150. The summed E-state index contributed by atoms with van der Waals surface area (Å²) in [5.74, 6) is 1.07. The number of fused-ring (bicyclic) bond motifs is 1. The number of aryl methyl sites for hydroxylation is 2. The molecule has 0 aliphatic rings. The molecule has 4 rings (SSSR count). The molecule has 0 spiro atoms. The Labute approximate surface area is 154 Å². The lowest BCUT2D eigenvalue weighted by Gasteiger charge is -2.04. The van der Waals surface area contributed by atoms with Gasteiger partial charge in [0.25, 0.3) is 5.91 Å². The predicted molar refractivity (Wildman–Crippen MR) is 102 cm³/mol. The highest BCUT2D eigenvalue weighted by Gasteiger charge is 2.20. The Morgan fingerprint density at radius 3 is 2.65 bits per heavy atom. The van der Waals surface area contributed by atoms with Crippen LogP contribution in [0.4, 0.5) is 0 Å². The van der Waals surface area contributed by atoms with E-state index in [1.165, 1.54) is 11.3 Å². The van der Waals surface area contributed by atoms with E-state index in [1.54, 1.807) is 12.3 Å². The molecule has 0 saturated carbocycles. The van der Waals surface area contributed by atoms with Gasteiger partial charge in [0.05, 0.1) is 16.8 Å². The van der Waals surface area contributed by atoms with Gasteiger partial charge in [-0.2, -0.15) is 0 Å². The van der Waals surface area contributed by atoms with Crippen molar-refractivity contribution >= 4 is 27.5 Å². The van der Waals surface area contributed by atoms with Crippen LogP contribution in [0.5, 0.6) is 0 Å². The fourth-order valence-corrected chi connectivity index (χ4v) is 4.08. The molecule has 0 bridgehead atoms. The molecule has 0 unspecified atom stereocenters. The summed E-state index contributed by atoms with van der Waals surface area (Å²) in [6, 6.07) is 13.5. The summed E-state index contributed by atoms with van der Waals surface area (Å²) in [4.78, 5) is 23.3. The molecular weight excluding hydrogens is 346 g/mol. The van der Waals surface area contributed by atoms with Crippen molar-refractivity contribution in [2.75, 3.05) is 0 Å². The van der Waals surface area contributed by atoms with Crippen molar-refractivity contribution in [3.05, 3.63) is 70.4 Å². The molecular formula is C20H17N3O2S. The summed E-state index contributed by atoms with van der Waals surface area (Å²) < 4.78 is 5.40. The van der Waals surface area contributed by atoms with E-state index in [1.807, 2.05) is 50.2 Å². The summed E-state index contributed by atoms with van der Waals surface area (Å²) in [6.07, 6.45) is 1.60. The Kier molecular flexibility index (Phi) is 4.26. The zero-order valence-electron chi connectivity index (χ0n) is 14.4. The van der Waals surface area contributed by atoms with E-state index >= 15 is 0 Å². The topological polar surface area (TPSA) is 68.0 Å². The highest BCUT2D eigenvalue weighted by atomic mass is 32.1. The van der Waals surface area contributed by atoms with E-state index in [2.05, 4.69) is 15.3 Å². The van der Waals surface area contributed by atoms with Crippen LogP contribution >= 0.6 is 11.3 Å². The number of rotatable bonds is 4. The number of hydrogen-bond donors (Lipinski definition) is 1. The van der Waals surface area contributed by atoms with Crippen LogP contribution < -0.4 is 5.32 Å². The van der Waals surface area contributed by atoms with Gasteiger partial charge in [0.15, 0.2) is 11.6 Å². The molecule has 0 radical (unpaired) electrons. The van der Waals surface area contributed by atoms with Crippen LogP contribution in [-0.2, 0) is 6.54 Å². The van der Waals surface area contributed by atoms with Crippen molar-refractivity contribution < 1.29 is 9.21 Å². The SMILES string of the molecule is Cc1nc(-c2ccco2)nc2sc(C(=O)NCc3ccccc3)c(C)c12. The second-order valence-electron chi connectivity index (χ2n) is 6.01. The zero-order valence-corrected chi connectivity index (χ0v) is 15.3. The van der Waals surface area contributed by atoms with Crippen LogP contribution in [-0.4, -0.2) is 15.9 Å². The van der Waals surface area contributed by atoms with Gasteiger partial charge >= 0.3 is 0 Å². The molecule has 1 aromatic carbocycles. The zero-order chi connectivity index (χ0) is 18.1. The third kappa shape index (κ3) is 2.99. The monoisotopic (exact) mass is 363 g/mol. The average Bonchev–Trinajstić information content (AvgIpc) is 3.29. The number of furan rings is 1. The Bertz CT molecular complexity index is 1070. The van der Waals surface area contributed by atoms with E-state index in [0.29, 0.717) is 23.0 Å². The summed E-state index contributed by atoms with van der Waals surface area (Å²) in [7, 11) is 0. The second kappa shape index (κ2) is 6.72. The van der Waals surface area contributed by atoms with Gasteiger partial charge in [-0.15, -0.1) is 11.3 Å². The van der Waals surface area contributed by atoms with Crippen molar-refractivity contribution in [3.8, 4) is 11.6 Å². The van der Waals surface area contributed by atoms with E-state index in [9.17, 15) is 4.79 Å². The van der Waals surface area contributed by atoms with Crippen LogP contribution in [0, 0.1) is 13.8 Å². The molecule has 4 aromatic rings. The minimum atomic E-state index is -0.0895. The molecule has 0 aliphatic heterocycles. The minimum absolute atomic E-state index is 0.0895. The first-order chi connectivity index (χ1) is 12.6. The molecule has 1 N–H and O–H groups in total. The molecule has 5 nitrogen and oxygen atoms in total. The van der Waals surface area contributed by atoms with Crippen molar-refractivity contribution in [3.63, 3.8) is 0 Å². The van der Waals surface area contributed by atoms with Gasteiger partial charge in [-0.1, -0.05) is 30.3 Å². The Morgan fingerprint density at radius 1 is 1.12 bits per heavy atom. The van der Waals surface area contributed by atoms with Gasteiger partial charge in [-0.25, -0.2) is 9.97 Å². The molecule has 130 valence electrons. The maximum Gasteiger partial charge on any atom is 0.261 e. The van der Waals surface area contributed by atoms with Gasteiger partial charge in [-0.05, 0) is 37.1 Å². The third-order valence-electron chi connectivity index (χ3n) is 4.21. The summed E-state index contributed by atoms with van der Waals surface area (Å²) >= 11 is 1.39. The van der Waals surface area contributed by atoms with Crippen LogP contribution in [0.1, 0.15) is 26.5 Å².